The monoisotopic (exact) mass is 212 g/mol. The number of hydrogen-bond donors (Lipinski definition) is 2. The van der Waals surface area contributed by atoms with Crippen molar-refractivity contribution in [2.24, 2.45) is 0 Å². The first kappa shape index (κ1) is 10.5. The average Bonchev–Trinajstić information content (AvgIpc) is 2.14. The number of nitrogens with zero attached hydrogens (tertiary/aromatic N) is 4. The zero-order chi connectivity index (χ0) is 10.4. The summed E-state index contributed by atoms with van der Waals surface area (Å²) in [5.74, 6) is 0.690. The van der Waals surface area contributed by atoms with Crippen molar-refractivity contribution in [3.05, 3.63) is 5.28 Å². The molecule has 0 saturated carbocycles. The van der Waals surface area contributed by atoms with Gasteiger partial charge < -0.3 is 10.6 Å². The number of aromatic nitrogens is 3. The zero-order valence-corrected chi connectivity index (χ0v) is 8.34. The average molecular weight is 213 g/mol. The summed E-state index contributed by atoms with van der Waals surface area (Å²) >= 11 is 5.64. The minimum Gasteiger partial charge on any atom is -0.354 e. The molecule has 0 aliphatic heterocycles. The quantitative estimate of drug-likeness (QED) is 0.721. The Morgan fingerprint density at radius 1 is 1.29 bits per heavy atom. The molecule has 0 fully saturated rings. The predicted molar refractivity (Wildman–Crippen MR) is 53.1 cm³/mol. The molecule has 1 heterocycles. The van der Waals surface area contributed by atoms with Crippen molar-refractivity contribution in [2.45, 2.75) is 6.92 Å². The molecule has 1 aromatic heterocycles. The van der Waals surface area contributed by atoms with Gasteiger partial charge in [-0.2, -0.15) is 20.2 Å². The van der Waals surface area contributed by atoms with E-state index in [2.05, 4.69) is 25.6 Å². The van der Waals surface area contributed by atoms with Crippen LogP contribution in [0.5, 0.6) is 0 Å². The highest BCUT2D eigenvalue weighted by atomic mass is 35.5. The van der Waals surface area contributed by atoms with E-state index in [-0.39, 0.29) is 11.8 Å². The van der Waals surface area contributed by atoms with Crippen LogP contribution in [-0.4, -0.2) is 28.0 Å². The van der Waals surface area contributed by atoms with Crippen LogP contribution in [-0.2, 0) is 0 Å². The summed E-state index contributed by atoms with van der Waals surface area (Å²) in [6.07, 6.45) is 0. The highest BCUT2D eigenvalue weighted by Gasteiger charge is 2.02. The van der Waals surface area contributed by atoms with E-state index >= 15 is 0 Å². The summed E-state index contributed by atoms with van der Waals surface area (Å²) in [5, 5.41) is 14.0. The minimum atomic E-state index is 0.0939. The van der Waals surface area contributed by atoms with E-state index in [0.717, 1.165) is 0 Å². The summed E-state index contributed by atoms with van der Waals surface area (Å²) in [7, 11) is 0. The fourth-order valence-electron chi connectivity index (χ4n) is 0.785. The van der Waals surface area contributed by atoms with E-state index in [1.807, 2.05) is 13.0 Å². The Morgan fingerprint density at radius 3 is 2.50 bits per heavy atom. The highest BCUT2D eigenvalue weighted by Crippen LogP contribution is 2.08. The van der Waals surface area contributed by atoms with Crippen LogP contribution >= 0.6 is 11.6 Å². The summed E-state index contributed by atoms with van der Waals surface area (Å²) in [4.78, 5) is 11.6. The summed E-state index contributed by atoms with van der Waals surface area (Å²) < 4.78 is 0. The van der Waals surface area contributed by atoms with Gasteiger partial charge in [0.1, 0.15) is 6.54 Å². The molecule has 0 radical (unpaired) electrons. The van der Waals surface area contributed by atoms with Crippen LogP contribution in [0.3, 0.4) is 0 Å². The summed E-state index contributed by atoms with van der Waals surface area (Å²) in [6, 6.07) is 1.91. The second-order valence-electron chi connectivity index (χ2n) is 2.29. The molecule has 0 spiro atoms. The van der Waals surface area contributed by atoms with E-state index in [0.29, 0.717) is 18.4 Å². The van der Waals surface area contributed by atoms with Gasteiger partial charge >= 0.3 is 0 Å². The van der Waals surface area contributed by atoms with Crippen molar-refractivity contribution < 1.29 is 0 Å². The molecule has 7 heteroatoms. The second kappa shape index (κ2) is 5.19. The molecule has 14 heavy (non-hydrogen) atoms. The molecule has 2 N–H and O–H groups in total. The van der Waals surface area contributed by atoms with Crippen LogP contribution in [0, 0.1) is 11.3 Å². The number of halogens is 1. The number of hydrogen-bond acceptors (Lipinski definition) is 6. The van der Waals surface area contributed by atoms with Gasteiger partial charge in [0.2, 0.25) is 17.2 Å². The summed E-state index contributed by atoms with van der Waals surface area (Å²) in [6.45, 7) is 2.74. The molecule has 0 atom stereocenters. The first-order valence-electron chi connectivity index (χ1n) is 4.02. The van der Waals surface area contributed by atoms with Gasteiger partial charge in [0.05, 0.1) is 6.07 Å². The number of anilines is 2. The topological polar surface area (TPSA) is 86.5 Å². The molecular weight excluding hydrogens is 204 g/mol. The van der Waals surface area contributed by atoms with Gasteiger partial charge in [0.25, 0.3) is 0 Å². The Bertz CT molecular complexity index is 347. The molecule has 1 aromatic rings. The van der Waals surface area contributed by atoms with Crippen molar-refractivity contribution in [3.63, 3.8) is 0 Å². The first-order chi connectivity index (χ1) is 6.76. The van der Waals surface area contributed by atoms with Crippen molar-refractivity contribution in [1.29, 1.82) is 5.26 Å². The fraction of sp³-hybridized carbons (Fsp3) is 0.429. The maximum atomic E-state index is 8.34. The van der Waals surface area contributed by atoms with Crippen LogP contribution in [0.25, 0.3) is 0 Å². The maximum absolute atomic E-state index is 8.34. The third-order valence-corrected chi connectivity index (χ3v) is 1.44. The van der Waals surface area contributed by atoms with Crippen molar-refractivity contribution >= 4 is 23.5 Å². The van der Waals surface area contributed by atoms with Crippen molar-refractivity contribution in [2.75, 3.05) is 23.7 Å². The molecule has 0 aliphatic rings. The SMILES string of the molecule is CCNc1nc(Cl)nc(NCC#N)n1. The lowest BCUT2D eigenvalue weighted by Crippen LogP contribution is -2.08. The van der Waals surface area contributed by atoms with Crippen LogP contribution < -0.4 is 10.6 Å². The van der Waals surface area contributed by atoms with Crippen molar-refractivity contribution in [1.82, 2.24) is 15.0 Å². The molecule has 0 aromatic carbocycles. The second-order valence-corrected chi connectivity index (χ2v) is 2.63. The van der Waals surface area contributed by atoms with Gasteiger partial charge in [-0.05, 0) is 18.5 Å². The Balaban J connectivity index is 2.79. The number of nitrogens with one attached hydrogen (secondary N) is 2. The van der Waals surface area contributed by atoms with Gasteiger partial charge in [-0.15, -0.1) is 0 Å². The van der Waals surface area contributed by atoms with Gasteiger partial charge in [-0.25, -0.2) is 0 Å². The third-order valence-electron chi connectivity index (χ3n) is 1.27. The third kappa shape index (κ3) is 3.03. The van der Waals surface area contributed by atoms with E-state index in [9.17, 15) is 0 Å². The lowest BCUT2D eigenvalue weighted by molar-refractivity contribution is 1.01. The molecule has 74 valence electrons. The van der Waals surface area contributed by atoms with E-state index < -0.39 is 0 Å². The normalized spacial score (nSPS) is 9.21. The van der Waals surface area contributed by atoms with Gasteiger partial charge in [-0.1, -0.05) is 0 Å². The van der Waals surface area contributed by atoms with Crippen LogP contribution in [0.2, 0.25) is 5.28 Å². The lowest BCUT2D eigenvalue weighted by Gasteiger charge is -2.04. The number of nitriles is 1. The molecule has 0 saturated heterocycles. The molecule has 1 rings (SSSR count). The minimum absolute atomic E-state index is 0.0939. The fourth-order valence-corrected chi connectivity index (χ4v) is 0.945. The smallest absolute Gasteiger partial charge is 0.229 e. The van der Waals surface area contributed by atoms with Crippen molar-refractivity contribution in [3.8, 4) is 6.07 Å². The molecule has 0 bridgehead atoms. The molecule has 6 nitrogen and oxygen atoms in total. The zero-order valence-electron chi connectivity index (χ0n) is 7.58. The molecule has 0 unspecified atom stereocenters. The number of rotatable bonds is 4. The van der Waals surface area contributed by atoms with E-state index in [1.165, 1.54) is 0 Å². The van der Waals surface area contributed by atoms with E-state index in [1.54, 1.807) is 0 Å². The largest absolute Gasteiger partial charge is 0.354 e. The summed E-state index contributed by atoms with van der Waals surface area (Å²) in [5.41, 5.74) is 0. The molecule has 0 amide bonds. The highest BCUT2D eigenvalue weighted by molar-refractivity contribution is 6.28. The Kier molecular flexibility index (Phi) is 3.88. The van der Waals surface area contributed by atoms with Gasteiger partial charge in [-0.3, -0.25) is 0 Å². The van der Waals surface area contributed by atoms with E-state index in [4.69, 9.17) is 16.9 Å². The van der Waals surface area contributed by atoms with Gasteiger partial charge in [0.15, 0.2) is 0 Å². The Hall–Kier alpha value is -1.61. The molecular formula is C7H9ClN6. The van der Waals surface area contributed by atoms with Crippen LogP contribution in [0.4, 0.5) is 11.9 Å². The van der Waals surface area contributed by atoms with Crippen LogP contribution in [0.15, 0.2) is 0 Å². The maximum Gasteiger partial charge on any atom is 0.229 e. The predicted octanol–water partition coefficient (Wildman–Crippen LogP) is 0.892. The molecule has 0 aliphatic carbocycles. The van der Waals surface area contributed by atoms with Crippen LogP contribution in [0.1, 0.15) is 6.92 Å². The standard InChI is InChI=1S/C7H9ClN6/c1-2-10-6-12-5(8)13-7(14-6)11-4-3-9/h2,4H2,1H3,(H2,10,11,12,13,14). The first-order valence-corrected chi connectivity index (χ1v) is 4.40. The lowest BCUT2D eigenvalue weighted by atomic mass is 10.7. The Labute approximate surface area is 86.3 Å². The Morgan fingerprint density at radius 2 is 1.93 bits per heavy atom. The van der Waals surface area contributed by atoms with Gasteiger partial charge in [0, 0.05) is 6.54 Å².